The molecule has 1 rings (SSSR count). The van der Waals surface area contributed by atoms with E-state index in [4.69, 9.17) is 0 Å². The zero-order valence-corrected chi connectivity index (χ0v) is 11.6. The van der Waals surface area contributed by atoms with Gasteiger partial charge in [0.25, 0.3) is 0 Å². The first-order chi connectivity index (χ1) is 9.03. The molecule has 0 aromatic heterocycles. The first kappa shape index (κ1) is 15.5. The summed E-state index contributed by atoms with van der Waals surface area (Å²) in [6.45, 7) is 6.03. The molecule has 19 heavy (non-hydrogen) atoms. The van der Waals surface area contributed by atoms with Gasteiger partial charge in [0.1, 0.15) is 5.54 Å². The fourth-order valence-electron chi connectivity index (χ4n) is 2.60. The quantitative estimate of drug-likeness (QED) is 0.511. The number of hydrogen-bond acceptors (Lipinski definition) is 2. The maximum atomic E-state index is 11.8. The highest BCUT2D eigenvalue weighted by Crippen LogP contribution is 2.33. The Labute approximate surface area is 114 Å². The molecule has 0 aliphatic heterocycles. The van der Waals surface area contributed by atoms with Crippen LogP contribution in [0.5, 0.6) is 0 Å². The largest absolute Gasteiger partial charge is 0.479 e. The maximum absolute atomic E-state index is 11.8. The van der Waals surface area contributed by atoms with Gasteiger partial charge in [-0.3, -0.25) is 0 Å². The van der Waals surface area contributed by atoms with Gasteiger partial charge >= 0.3 is 12.0 Å². The molecule has 108 valence electrons. The van der Waals surface area contributed by atoms with Crippen LogP contribution in [0.3, 0.4) is 0 Å². The predicted octanol–water partition coefficient (Wildman–Crippen LogP) is 2.29. The van der Waals surface area contributed by atoms with E-state index in [9.17, 15) is 14.7 Å². The highest BCUT2D eigenvalue weighted by Gasteiger charge is 2.46. The van der Waals surface area contributed by atoms with Gasteiger partial charge < -0.3 is 15.7 Å². The molecule has 2 amide bonds. The second-order valence-corrected chi connectivity index (χ2v) is 5.24. The average molecular weight is 268 g/mol. The maximum Gasteiger partial charge on any atom is 0.329 e. The number of urea groups is 1. The van der Waals surface area contributed by atoms with Crippen molar-refractivity contribution in [1.82, 2.24) is 10.6 Å². The van der Waals surface area contributed by atoms with Crippen molar-refractivity contribution in [3.63, 3.8) is 0 Å². The van der Waals surface area contributed by atoms with E-state index in [0.29, 0.717) is 13.0 Å². The predicted molar refractivity (Wildman–Crippen MR) is 74.0 cm³/mol. The van der Waals surface area contributed by atoms with Crippen LogP contribution in [0.25, 0.3) is 0 Å². The molecule has 0 aromatic rings. The molecule has 2 unspecified atom stereocenters. The number of carbonyl (C=O) groups excluding carboxylic acids is 1. The van der Waals surface area contributed by atoms with Crippen molar-refractivity contribution in [1.29, 1.82) is 0 Å². The Morgan fingerprint density at radius 2 is 2.21 bits per heavy atom. The van der Waals surface area contributed by atoms with Crippen LogP contribution in [0.15, 0.2) is 12.7 Å². The lowest BCUT2D eigenvalue weighted by Crippen LogP contribution is -2.61. The third kappa shape index (κ3) is 3.98. The monoisotopic (exact) mass is 268 g/mol. The molecule has 0 heterocycles. The topological polar surface area (TPSA) is 78.4 Å². The van der Waals surface area contributed by atoms with Crippen LogP contribution >= 0.6 is 0 Å². The van der Waals surface area contributed by atoms with Gasteiger partial charge in [0.05, 0.1) is 0 Å². The third-order valence-corrected chi connectivity index (χ3v) is 3.89. The number of unbranched alkanes of at least 4 members (excludes halogenated alkanes) is 1. The molecule has 1 saturated carbocycles. The Kier molecular flexibility index (Phi) is 5.86. The first-order valence-corrected chi connectivity index (χ1v) is 6.93. The van der Waals surface area contributed by atoms with Crippen LogP contribution in [0.1, 0.15) is 45.4 Å². The smallest absolute Gasteiger partial charge is 0.329 e. The summed E-state index contributed by atoms with van der Waals surface area (Å²) in [5.41, 5.74) is -1.11. The number of carbonyl (C=O) groups is 2. The van der Waals surface area contributed by atoms with E-state index in [-0.39, 0.29) is 11.9 Å². The highest BCUT2D eigenvalue weighted by molar-refractivity contribution is 5.86. The Balaban J connectivity index is 2.55. The minimum atomic E-state index is -1.11. The van der Waals surface area contributed by atoms with E-state index in [2.05, 4.69) is 17.2 Å². The van der Waals surface area contributed by atoms with Crippen LogP contribution in [-0.4, -0.2) is 29.2 Å². The molecular weight excluding hydrogens is 244 g/mol. The normalized spacial score (nSPS) is 26.5. The number of nitrogens with one attached hydrogen (secondary N) is 2. The van der Waals surface area contributed by atoms with Crippen LogP contribution in [0, 0.1) is 5.92 Å². The lowest BCUT2D eigenvalue weighted by atomic mass is 9.73. The van der Waals surface area contributed by atoms with Gasteiger partial charge in [-0.1, -0.05) is 25.8 Å². The summed E-state index contributed by atoms with van der Waals surface area (Å²) >= 11 is 0. The molecule has 3 N–H and O–H groups in total. The van der Waals surface area contributed by atoms with Crippen molar-refractivity contribution in [2.24, 2.45) is 5.92 Å². The van der Waals surface area contributed by atoms with Gasteiger partial charge in [-0.05, 0) is 31.6 Å². The summed E-state index contributed by atoms with van der Waals surface area (Å²) in [6.07, 6.45) is 6.65. The fraction of sp³-hybridized carbons (Fsp3) is 0.714. The third-order valence-electron chi connectivity index (χ3n) is 3.89. The molecule has 1 aliphatic rings. The van der Waals surface area contributed by atoms with Crippen LogP contribution < -0.4 is 10.6 Å². The molecule has 5 heteroatoms. The zero-order valence-electron chi connectivity index (χ0n) is 11.6. The van der Waals surface area contributed by atoms with Gasteiger partial charge in [0, 0.05) is 6.54 Å². The van der Waals surface area contributed by atoms with Crippen molar-refractivity contribution in [3.8, 4) is 0 Å². The molecule has 0 bridgehead atoms. The van der Waals surface area contributed by atoms with Crippen LogP contribution in [0.4, 0.5) is 4.79 Å². The molecule has 0 aromatic carbocycles. The van der Waals surface area contributed by atoms with Gasteiger partial charge in [0.2, 0.25) is 0 Å². The zero-order chi connectivity index (χ0) is 14.3. The van der Waals surface area contributed by atoms with Crippen LogP contribution in [0.2, 0.25) is 0 Å². The standard InChI is InChI=1S/C14H24N2O3/c1-3-4-7-10-15-13(19)16-14(12(17)18)9-6-5-8-11(14)2/h3,11H,1,4-10H2,2H3,(H,17,18)(H2,15,16,19). The van der Waals surface area contributed by atoms with Gasteiger partial charge in [-0.25, -0.2) is 9.59 Å². The molecule has 0 saturated heterocycles. The second kappa shape index (κ2) is 7.16. The highest BCUT2D eigenvalue weighted by atomic mass is 16.4. The molecule has 0 radical (unpaired) electrons. The first-order valence-electron chi connectivity index (χ1n) is 6.93. The van der Waals surface area contributed by atoms with Crippen molar-refractivity contribution in [3.05, 3.63) is 12.7 Å². The Morgan fingerprint density at radius 3 is 2.79 bits per heavy atom. The van der Waals surface area contributed by atoms with Gasteiger partial charge in [0.15, 0.2) is 0 Å². The number of carboxylic acid groups (broad SMARTS) is 1. The summed E-state index contributed by atoms with van der Waals surface area (Å²) in [5, 5.41) is 14.8. The molecule has 0 spiro atoms. The molecule has 2 atom stereocenters. The average Bonchev–Trinajstić information content (AvgIpc) is 2.37. The molecular formula is C14H24N2O3. The van der Waals surface area contributed by atoms with Crippen LogP contribution in [-0.2, 0) is 4.79 Å². The minimum absolute atomic E-state index is 0.0438. The second-order valence-electron chi connectivity index (χ2n) is 5.24. The van der Waals surface area contributed by atoms with E-state index in [1.807, 2.05) is 6.92 Å². The molecule has 5 nitrogen and oxygen atoms in total. The van der Waals surface area contributed by atoms with Crippen molar-refractivity contribution < 1.29 is 14.7 Å². The summed E-state index contributed by atoms with van der Waals surface area (Å²) in [4.78, 5) is 23.4. The van der Waals surface area contributed by atoms with E-state index in [1.54, 1.807) is 6.08 Å². The molecule has 1 aliphatic carbocycles. The van der Waals surface area contributed by atoms with Crippen molar-refractivity contribution in [2.75, 3.05) is 6.54 Å². The number of amides is 2. The molecule has 1 fully saturated rings. The van der Waals surface area contributed by atoms with Gasteiger partial charge in [-0.15, -0.1) is 6.58 Å². The van der Waals surface area contributed by atoms with Crippen molar-refractivity contribution in [2.45, 2.75) is 51.0 Å². The Bertz CT molecular complexity index is 344. The fourth-order valence-corrected chi connectivity index (χ4v) is 2.60. The number of carboxylic acids is 1. The lowest BCUT2D eigenvalue weighted by Gasteiger charge is -2.39. The number of hydrogen-bond donors (Lipinski definition) is 3. The Hall–Kier alpha value is -1.52. The lowest BCUT2D eigenvalue weighted by molar-refractivity contribution is -0.148. The summed E-state index contributed by atoms with van der Waals surface area (Å²) in [6, 6.07) is -0.389. The SMILES string of the molecule is C=CCCCNC(=O)NC1(C(=O)O)CCCCC1C. The number of aliphatic carboxylic acids is 1. The summed E-state index contributed by atoms with van der Waals surface area (Å²) in [5.74, 6) is -0.974. The van der Waals surface area contributed by atoms with E-state index >= 15 is 0 Å². The van der Waals surface area contributed by atoms with E-state index in [0.717, 1.165) is 32.1 Å². The Morgan fingerprint density at radius 1 is 1.47 bits per heavy atom. The van der Waals surface area contributed by atoms with Crippen molar-refractivity contribution >= 4 is 12.0 Å². The van der Waals surface area contributed by atoms with Gasteiger partial charge in [-0.2, -0.15) is 0 Å². The van der Waals surface area contributed by atoms with E-state index in [1.165, 1.54) is 0 Å². The minimum Gasteiger partial charge on any atom is -0.479 e. The number of rotatable bonds is 6. The summed E-state index contributed by atoms with van der Waals surface area (Å²) < 4.78 is 0. The summed E-state index contributed by atoms with van der Waals surface area (Å²) in [7, 11) is 0. The van der Waals surface area contributed by atoms with E-state index < -0.39 is 11.5 Å². The number of allylic oxidation sites excluding steroid dienone is 1.